The number of benzene rings is 1. The van der Waals surface area contributed by atoms with E-state index >= 15 is 0 Å². The van der Waals surface area contributed by atoms with Gasteiger partial charge in [-0.3, -0.25) is 4.79 Å². The van der Waals surface area contributed by atoms with Crippen LogP contribution >= 0.6 is 0 Å². The minimum Gasteiger partial charge on any atom is -0.467 e. The molecule has 1 aromatic carbocycles. The van der Waals surface area contributed by atoms with Gasteiger partial charge in [0.2, 0.25) is 5.82 Å². The first-order valence-corrected chi connectivity index (χ1v) is 10.1. The highest BCUT2D eigenvalue weighted by molar-refractivity contribution is 5.77. The molecule has 0 saturated heterocycles. The molecule has 0 spiro atoms. The fourth-order valence-corrected chi connectivity index (χ4v) is 3.50. The summed E-state index contributed by atoms with van der Waals surface area (Å²) in [5.41, 5.74) is 3.20. The van der Waals surface area contributed by atoms with E-state index in [0.29, 0.717) is 12.4 Å². The SMILES string of the molecule is CCc1ccc(-c2nnn(CC(=O)N(Cc3ccco3)C3=CCCCC3)n2)cc1. The molecular weight excluding hydrogens is 366 g/mol. The van der Waals surface area contributed by atoms with E-state index in [9.17, 15) is 4.79 Å². The Labute approximate surface area is 170 Å². The minimum absolute atomic E-state index is 0.0398. The summed E-state index contributed by atoms with van der Waals surface area (Å²) < 4.78 is 5.46. The summed E-state index contributed by atoms with van der Waals surface area (Å²) in [6.07, 6.45) is 8.91. The van der Waals surface area contributed by atoms with Crippen LogP contribution in [0.4, 0.5) is 0 Å². The molecule has 0 bridgehead atoms. The first-order chi connectivity index (χ1) is 14.2. The Morgan fingerprint density at radius 1 is 1.21 bits per heavy atom. The Bertz CT molecular complexity index is 973. The van der Waals surface area contributed by atoms with Crippen LogP contribution in [0.5, 0.6) is 0 Å². The molecule has 1 aliphatic rings. The number of allylic oxidation sites excluding steroid dienone is 2. The van der Waals surface area contributed by atoms with Crippen molar-refractivity contribution in [3.05, 3.63) is 65.8 Å². The number of hydrogen-bond donors (Lipinski definition) is 0. The van der Waals surface area contributed by atoms with Crippen molar-refractivity contribution >= 4 is 5.91 Å². The van der Waals surface area contributed by atoms with Gasteiger partial charge in [0, 0.05) is 11.3 Å². The lowest BCUT2D eigenvalue weighted by Gasteiger charge is -2.26. The number of nitrogens with zero attached hydrogens (tertiary/aromatic N) is 5. The van der Waals surface area contributed by atoms with Crippen LogP contribution in [0.3, 0.4) is 0 Å². The third-order valence-electron chi connectivity index (χ3n) is 5.16. The molecule has 1 amide bonds. The molecule has 7 nitrogen and oxygen atoms in total. The number of tetrazole rings is 1. The van der Waals surface area contributed by atoms with Gasteiger partial charge in [0.1, 0.15) is 12.3 Å². The number of amides is 1. The monoisotopic (exact) mass is 391 g/mol. The van der Waals surface area contributed by atoms with Gasteiger partial charge in [-0.25, -0.2) is 0 Å². The number of rotatable bonds is 7. The highest BCUT2D eigenvalue weighted by Gasteiger charge is 2.22. The third-order valence-corrected chi connectivity index (χ3v) is 5.16. The second-order valence-electron chi connectivity index (χ2n) is 7.19. The maximum absolute atomic E-state index is 13.1. The van der Waals surface area contributed by atoms with Crippen molar-refractivity contribution in [1.29, 1.82) is 0 Å². The predicted octanol–water partition coefficient (Wildman–Crippen LogP) is 3.98. The smallest absolute Gasteiger partial charge is 0.250 e. The summed E-state index contributed by atoms with van der Waals surface area (Å²) in [4.78, 5) is 16.2. The molecule has 0 N–H and O–H groups in total. The van der Waals surface area contributed by atoms with Gasteiger partial charge < -0.3 is 9.32 Å². The summed E-state index contributed by atoms with van der Waals surface area (Å²) in [6, 6.07) is 11.8. The van der Waals surface area contributed by atoms with Gasteiger partial charge in [0.05, 0.1) is 12.8 Å². The Morgan fingerprint density at radius 3 is 2.76 bits per heavy atom. The lowest BCUT2D eigenvalue weighted by atomic mass is 10.0. The molecular formula is C22H25N5O2. The summed E-state index contributed by atoms with van der Waals surface area (Å²) >= 11 is 0. The van der Waals surface area contributed by atoms with Crippen LogP contribution in [0.15, 0.2) is 58.9 Å². The van der Waals surface area contributed by atoms with Crippen molar-refractivity contribution in [1.82, 2.24) is 25.1 Å². The Morgan fingerprint density at radius 2 is 2.07 bits per heavy atom. The number of aryl methyl sites for hydroxylation is 1. The lowest BCUT2D eigenvalue weighted by Crippen LogP contribution is -2.34. The van der Waals surface area contributed by atoms with E-state index in [1.54, 1.807) is 11.2 Å². The molecule has 150 valence electrons. The van der Waals surface area contributed by atoms with E-state index in [2.05, 4.69) is 40.5 Å². The van der Waals surface area contributed by atoms with Crippen molar-refractivity contribution in [3.8, 4) is 11.4 Å². The average molecular weight is 391 g/mol. The molecule has 3 aromatic rings. The van der Waals surface area contributed by atoms with Gasteiger partial charge >= 0.3 is 0 Å². The minimum atomic E-state index is -0.0696. The van der Waals surface area contributed by atoms with Crippen molar-refractivity contribution in [2.24, 2.45) is 0 Å². The fourth-order valence-electron chi connectivity index (χ4n) is 3.50. The molecule has 0 fully saturated rings. The molecule has 0 radical (unpaired) electrons. The molecule has 0 unspecified atom stereocenters. The number of carbonyl (C=O) groups is 1. The predicted molar refractivity (Wildman–Crippen MR) is 108 cm³/mol. The van der Waals surface area contributed by atoms with Gasteiger partial charge in [-0.05, 0) is 55.0 Å². The van der Waals surface area contributed by atoms with Gasteiger partial charge in [0.15, 0.2) is 0 Å². The van der Waals surface area contributed by atoms with Crippen molar-refractivity contribution in [2.75, 3.05) is 0 Å². The van der Waals surface area contributed by atoms with Crippen molar-refractivity contribution in [3.63, 3.8) is 0 Å². The zero-order valence-corrected chi connectivity index (χ0v) is 16.6. The van der Waals surface area contributed by atoms with E-state index in [0.717, 1.165) is 49.1 Å². The van der Waals surface area contributed by atoms with Crippen LogP contribution in [0.25, 0.3) is 11.4 Å². The zero-order valence-electron chi connectivity index (χ0n) is 16.6. The molecule has 0 aliphatic heterocycles. The number of furan rings is 1. The van der Waals surface area contributed by atoms with E-state index in [-0.39, 0.29) is 12.5 Å². The third kappa shape index (κ3) is 4.62. The second kappa shape index (κ2) is 8.86. The molecule has 7 heteroatoms. The topological polar surface area (TPSA) is 77.0 Å². The number of carbonyl (C=O) groups excluding carboxylic acids is 1. The highest BCUT2D eigenvalue weighted by atomic mass is 16.3. The molecule has 29 heavy (non-hydrogen) atoms. The maximum atomic E-state index is 13.1. The number of aromatic nitrogens is 4. The molecule has 2 aromatic heterocycles. The second-order valence-corrected chi connectivity index (χ2v) is 7.19. The molecule has 4 rings (SSSR count). The molecule has 2 heterocycles. The van der Waals surface area contributed by atoms with Gasteiger partial charge in [-0.15, -0.1) is 10.2 Å². The van der Waals surface area contributed by atoms with Gasteiger partial charge in [-0.2, -0.15) is 4.80 Å². The van der Waals surface area contributed by atoms with Crippen LogP contribution in [-0.4, -0.2) is 31.0 Å². The Balaban J connectivity index is 1.49. The van der Waals surface area contributed by atoms with Crippen LogP contribution in [0.2, 0.25) is 0 Å². The summed E-state index contributed by atoms with van der Waals surface area (Å²) in [5, 5.41) is 12.6. The van der Waals surface area contributed by atoms with E-state index in [1.165, 1.54) is 10.4 Å². The lowest BCUT2D eigenvalue weighted by molar-refractivity contribution is -0.131. The first-order valence-electron chi connectivity index (χ1n) is 10.1. The standard InChI is InChI=1S/C22H25N5O2/c1-2-17-10-12-18(13-11-17)22-23-25-27(24-22)16-21(28)26(15-20-9-6-14-29-20)19-7-4-3-5-8-19/h6-7,9-14H,2-5,8,15-16H2,1H3. The van der Waals surface area contributed by atoms with Crippen LogP contribution in [0.1, 0.15) is 43.9 Å². The first kappa shape index (κ1) is 19.1. The molecule has 0 atom stereocenters. The van der Waals surface area contributed by atoms with Crippen LogP contribution in [-0.2, 0) is 24.3 Å². The Kier molecular flexibility index (Phi) is 5.84. The summed E-state index contributed by atoms with van der Waals surface area (Å²) in [7, 11) is 0. The highest BCUT2D eigenvalue weighted by Crippen LogP contribution is 2.23. The fraction of sp³-hybridized carbons (Fsp3) is 0.364. The average Bonchev–Trinajstić information content (AvgIpc) is 3.45. The van der Waals surface area contributed by atoms with Crippen molar-refractivity contribution in [2.45, 2.75) is 52.1 Å². The normalized spacial score (nSPS) is 13.9. The summed E-state index contributed by atoms with van der Waals surface area (Å²) in [6.45, 7) is 2.57. The van der Waals surface area contributed by atoms with E-state index < -0.39 is 0 Å². The van der Waals surface area contributed by atoms with E-state index in [4.69, 9.17) is 4.42 Å². The quantitative estimate of drug-likeness (QED) is 0.609. The van der Waals surface area contributed by atoms with Crippen LogP contribution < -0.4 is 0 Å². The maximum Gasteiger partial charge on any atom is 0.250 e. The number of hydrogen-bond acceptors (Lipinski definition) is 5. The largest absolute Gasteiger partial charge is 0.467 e. The zero-order chi connectivity index (χ0) is 20.1. The Hall–Kier alpha value is -3.22. The van der Waals surface area contributed by atoms with Gasteiger partial charge in [-0.1, -0.05) is 37.3 Å². The molecule has 0 saturated carbocycles. The van der Waals surface area contributed by atoms with Crippen molar-refractivity contribution < 1.29 is 9.21 Å². The van der Waals surface area contributed by atoms with Crippen LogP contribution in [0, 0.1) is 0 Å². The summed E-state index contributed by atoms with van der Waals surface area (Å²) in [5.74, 6) is 1.21. The van der Waals surface area contributed by atoms with E-state index in [1.807, 2.05) is 24.3 Å². The molecule has 1 aliphatic carbocycles. The van der Waals surface area contributed by atoms with Gasteiger partial charge in [0.25, 0.3) is 5.91 Å².